The first kappa shape index (κ1) is 16.5. The van der Waals surface area contributed by atoms with Crippen LogP contribution in [0, 0.1) is 11.7 Å². The van der Waals surface area contributed by atoms with E-state index < -0.39 is 32.8 Å². The Morgan fingerprint density at radius 2 is 2.10 bits per heavy atom. The van der Waals surface area contributed by atoms with E-state index in [1.165, 1.54) is 7.11 Å². The van der Waals surface area contributed by atoms with Gasteiger partial charge < -0.3 is 4.74 Å². The minimum Gasteiger partial charge on any atom is -0.469 e. The highest BCUT2D eigenvalue weighted by Gasteiger charge is 2.37. The van der Waals surface area contributed by atoms with E-state index in [2.05, 4.69) is 4.74 Å². The monoisotopic (exact) mass is 355 g/mol. The molecule has 0 amide bonds. The summed E-state index contributed by atoms with van der Waals surface area (Å²) in [5, 5.41) is -0.808. The van der Waals surface area contributed by atoms with Crippen molar-refractivity contribution in [2.24, 2.45) is 5.92 Å². The molecule has 0 aromatic heterocycles. The minimum atomic E-state index is -3.99. The zero-order valence-corrected chi connectivity index (χ0v) is 13.3. The Bertz CT molecular complexity index is 680. The summed E-state index contributed by atoms with van der Waals surface area (Å²) in [5.41, 5.74) is 0. The maximum atomic E-state index is 13.6. The summed E-state index contributed by atoms with van der Waals surface area (Å²) in [6.07, 6.45) is 0.347. The number of nitrogens with zero attached hydrogens (tertiary/aromatic N) is 1. The lowest BCUT2D eigenvalue weighted by Gasteiger charge is -2.17. The Hall–Kier alpha value is -0.890. The Balaban J connectivity index is 2.32. The topological polar surface area (TPSA) is 63.7 Å². The summed E-state index contributed by atoms with van der Waals surface area (Å²) < 4.78 is 44.2. The number of hydrogen-bond donors (Lipinski definition) is 0. The van der Waals surface area contributed by atoms with Crippen molar-refractivity contribution in [1.29, 1.82) is 0 Å². The average molecular weight is 356 g/mol. The number of methoxy groups -OCH3 is 1. The van der Waals surface area contributed by atoms with Crippen LogP contribution < -0.4 is 0 Å². The van der Waals surface area contributed by atoms with Crippen LogP contribution in [0.1, 0.15) is 6.42 Å². The molecule has 1 unspecified atom stereocenters. The first-order valence-electron chi connectivity index (χ1n) is 6.00. The third kappa shape index (κ3) is 3.01. The normalized spacial score (nSPS) is 19.7. The number of ether oxygens (including phenoxy) is 1. The fourth-order valence-electron chi connectivity index (χ4n) is 2.15. The Kier molecular flexibility index (Phi) is 4.77. The molecule has 1 fully saturated rings. The third-order valence-corrected chi connectivity index (χ3v) is 5.98. The highest BCUT2D eigenvalue weighted by molar-refractivity contribution is 7.89. The van der Waals surface area contributed by atoms with Gasteiger partial charge in [-0.1, -0.05) is 23.2 Å². The second-order valence-corrected chi connectivity index (χ2v) is 7.24. The van der Waals surface area contributed by atoms with Crippen molar-refractivity contribution in [2.75, 3.05) is 20.2 Å². The van der Waals surface area contributed by atoms with Gasteiger partial charge in [-0.3, -0.25) is 4.79 Å². The molecule has 1 heterocycles. The van der Waals surface area contributed by atoms with E-state index in [0.29, 0.717) is 6.42 Å². The van der Waals surface area contributed by atoms with Gasteiger partial charge in [0.25, 0.3) is 0 Å². The summed E-state index contributed by atoms with van der Waals surface area (Å²) in [6.45, 7) is 0.123. The largest absolute Gasteiger partial charge is 0.469 e. The predicted octanol–water partition coefficient (Wildman–Crippen LogP) is 2.32. The number of hydrogen-bond acceptors (Lipinski definition) is 4. The molecule has 9 heteroatoms. The molecule has 1 aromatic carbocycles. The number of rotatable bonds is 3. The first-order chi connectivity index (χ1) is 9.78. The molecule has 0 saturated carbocycles. The standard InChI is InChI=1S/C12H12Cl2FNO4S/c1-20-12(17)7-4-5-16(6-7)21(18,19)9-3-2-8(13)11(15)10(9)14/h2-3,7H,4-6H2,1H3. The lowest BCUT2D eigenvalue weighted by molar-refractivity contribution is -0.144. The van der Waals surface area contributed by atoms with Gasteiger partial charge in [-0.15, -0.1) is 0 Å². The molecule has 1 atom stereocenters. The molecule has 1 aromatic rings. The van der Waals surface area contributed by atoms with Gasteiger partial charge in [0.15, 0.2) is 5.82 Å². The van der Waals surface area contributed by atoms with Gasteiger partial charge in [-0.05, 0) is 18.6 Å². The maximum absolute atomic E-state index is 13.6. The van der Waals surface area contributed by atoms with Crippen molar-refractivity contribution in [1.82, 2.24) is 4.31 Å². The van der Waals surface area contributed by atoms with Crippen molar-refractivity contribution in [3.05, 3.63) is 28.0 Å². The van der Waals surface area contributed by atoms with Gasteiger partial charge in [0.05, 0.1) is 23.1 Å². The molecule has 0 bridgehead atoms. The molecule has 116 valence electrons. The van der Waals surface area contributed by atoms with Gasteiger partial charge in [0.1, 0.15) is 4.90 Å². The van der Waals surface area contributed by atoms with E-state index in [4.69, 9.17) is 23.2 Å². The molecule has 0 radical (unpaired) electrons. The zero-order valence-electron chi connectivity index (χ0n) is 11.0. The molecule has 5 nitrogen and oxygen atoms in total. The molecule has 1 saturated heterocycles. The van der Waals surface area contributed by atoms with E-state index >= 15 is 0 Å². The van der Waals surface area contributed by atoms with Crippen LogP contribution in [0.25, 0.3) is 0 Å². The van der Waals surface area contributed by atoms with E-state index in [1.807, 2.05) is 0 Å². The van der Waals surface area contributed by atoms with Gasteiger partial charge in [0.2, 0.25) is 10.0 Å². The molecule has 0 spiro atoms. The molecular weight excluding hydrogens is 344 g/mol. The maximum Gasteiger partial charge on any atom is 0.310 e. The van der Waals surface area contributed by atoms with E-state index in [-0.39, 0.29) is 23.0 Å². The van der Waals surface area contributed by atoms with Crippen molar-refractivity contribution in [2.45, 2.75) is 11.3 Å². The van der Waals surface area contributed by atoms with Gasteiger partial charge in [-0.25, -0.2) is 12.8 Å². The highest BCUT2D eigenvalue weighted by atomic mass is 35.5. The number of halogens is 3. The SMILES string of the molecule is COC(=O)C1CCN(S(=O)(=O)c2ccc(Cl)c(F)c2Cl)C1. The van der Waals surface area contributed by atoms with Crippen LogP contribution in [-0.2, 0) is 19.6 Å². The molecule has 21 heavy (non-hydrogen) atoms. The van der Waals surface area contributed by atoms with E-state index in [9.17, 15) is 17.6 Å². The second-order valence-electron chi connectivity index (χ2n) is 4.55. The summed E-state index contributed by atoms with van der Waals surface area (Å²) in [7, 11) is -2.75. The van der Waals surface area contributed by atoms with Crippen molar-refractivity contribution in [3.8, 4) is 0 Å². The molecule has 1 aliphatic rings. The fourth-order valence-corrected chi connectivity index (χ4v) is 4.37. The third-order valence-electron chi connectivity index (χ3n) is 3.30. The number of benzene rings is 1. The number of sulfonamides is 1. The molecular formula is C12H12Cl2FNO4S. The quantitative estimate of drug-likeness (QED) is 0.616. The highest BCUT2D eigenvalue weighted by Crippen LogP contribution is 2.33. The lowest BCUT2D eigenvalue weighted by Crippen LogP contribution is -2.30. The fraction of sp³-hybridized carbons (Fsp3) is 0.417. The van der Waals surface area contributed by atoms with Crippen molar-refractivity contribution >= 4 is 39.2 Å². The van der Waals surface area contributed by atoms with Crippen LogP contribution in [0.4, 0.5) is 4.39 Å². The Labute approximate surface area is 131 Å². The Morgan fingerprint density at radius 3 is 2.71 bits per heavy atom. The summed E-state index contributed by atoms with van der Waals surface area (Å²) >= 11 is 11.3. The summed E-state index contributed by atoms with van der Waals surface area (Å²) in [6, 6.07) is 2.28. The lowest BCUT2D eigenvalue weighted by atomic mass is 10.1. The first-order valence-corrected chi connectivity index (χ1v) is 8.20. The summed E-state index contributed by atoms with van der Waals surface area (Å²) in [4.78, 5) is 11.1. The van der Waals surface area contributed by atoms with Crippen LogP contribution >= 0.6 is 23.2 Å². The zero-order chi connectivity index (χ0) is 15.8. The number of carbonyl (C=O) groups excluding carboxylic acids is 1. The van der Waals surface area contributed by atoms with Gasteiger partial charge >= 0.3 is 5.97 Å². The second kappa shape index (κ2) is 6.08. The molecule has 2 rings (SSSR count). The van der Waals surface area contributed by atoms with E-state index in [1.54, 1.807) is 0 Å². The Morgan fingerprint density at radius 1 is 1.43 bits per heavy atom. The summed E-state index contributed by atoms with van der Waals surface area (Å²) in [5.74, 6) is -1.98. The average Bonchev–Trinajstić information content (AvgIpc) is 2.94. The molecule has 0 N–H and O–H groups in total. The molecule has 1 aliphatic heterocycles. The van der Waals surface area contributed by atoms with Gasteiger partial charge in [0, 0.05) is 13.1 Å². The number of esters is 1. The van der Waals surface area contributed by atoms with Crippen LogP contribution in [0.3, 0.4) is 0 Å². The molecule has 0 aliphatic carbocycles. The number of carbonyl (C=O) groups is 1. The minimum absolute atomic E-state index is 0.0183. The van der Waals surface area contributed by atoms with Crippen molar-refractivity contribution in [3.63, 3.8) is 0 Å². The smallest absolute Gasteiger partial charge is 0.310 e. The van der Waals surface area contributed by atoms with Crippen LogP contribution in [0.15, 0.2) is 17.0 Å². The van der Waals surface area contributed by atoms with Crippen LogP contribution in [-0.4, -0.2) is 38.9 Å². The van der Waals surface area contributed by atoms with Gasteiger partial charge in [-0.2, -0.15) is 4.31 Å². The predicted molar refractivity (Wildman–Crippen MR) is 75.3 cm³/mol. The van der Waals surface area contributed by atoms with Crippen LogP contribution in [0.5, 0.6) is 0 Å². The van der Waals surface area contributed by atoms with Crippen molar-refractivity contribution < 1.29 is 22.3 Å². The van der Waals surface area contributed by atoms with E-state index in [0.717, 1.165) is 16.4 Å². The van der Waals surface area contributed by atoms with Crippen LogP contribution in [0.2, 0.25) is 10.0 Å².